The first-order chi connectivity index (χ1) is 13.0. The van der Waals surface area contributed by atoms with Crippen LogP contribution in [0.15, 0.2) is 24.3 Å². The molecular formula is C20H27N3O5. The van der Waals surface area contributed by atoms with Gasteiger partial charge in [0.05, 0.1) is 0 Å². The Balaban J connectivity index is 1.88. The van der Waals surface area contributed by atoms with E-state index in [0.29, 0.717) is 12.2 Å². The molecule has 0 aliphatic carbocycles. The lowest BCUT2D eigenvalue weighted by molar-refractivity contribution is -0.138. The Bertz CT molecular complexity index is 753. The highest BCUT2D eigenvalue weighted by molar-refractivity contribution is 6.02. The maximum absolute atomic E-state index is 12.1. The van der Waals surface area contributed by atoms with Crippen LogP contribution in [0.2, 0.25) is 0 Å². The first kappa shape index (κ1) is 21.4. The molecule has 152 valence electrons. The molecule has 1 aromatic carbocycles. The van der Waals surface area contributed by atoms with E-state index in [0.717, 1.165) is 10.5 Å². The second-order valence-electron chi connectivity index (χ2n) is 7.77. The summed E-state index contributed by atoms with van der Waals surface area (Å²) in [5.41, 5.74) is 0.842. The Morgan fingerprint density at radius 3 is 2.43 bits per heavy atom. The van der Waals surface area contributed by atoms with Gasteiger partial charge in [-0.15, -0.1) is 0 Å². The molecule has 1 heterocycles. The quantitative estimate of drug-likeness (QED) is 0.754. The number of anilines is 1. The van der Waals surface area contributed by atoms with Gasteiger partial charge in [0.25, 0.3) is 0 Å². The molecule has 1 aliphatic rings. The number of carbonyl (C=O) groups is 4. The van der Waals surface area contributed by atoms with Crippen LogP contribution in [0.4, 0.5) is 10.5 Å². The molecule has 0 spiro atoms. The highest BCUT2D eigenvalue weighted by atomic mass is 16.6. The summed E-state index contributed by atoms with van der Waals surface area (Å²) in [6.07, 6.45) is 0.0443. The molecule has 0 aromatic heterocycles. The average molecular weight is 389 g/mol. The van der Waals surface area contributed by atoms with Crippen LogP contribution in [0.1, 0.15) is 45.6 Å². The summed E-state index contributed by atoms with van der Waals surface area (Å²) in [6.45, 7) is 5.83. The van der Waals surface area contributed by atoms with E-state index in [9.17, 15) is 19.2 Å². The van der Waals surface area contributed by atoms with Gasteiger partial charge in [0.15, 0.2) is 0 Å². The summed E-state index contributed by atoms with van der Waals surface area (Å²) >= 11 is 0. The fourth-order valence-corrected chi connectivity index (χ4v) is 2.73. The van der Waals surface area contributed by atoms with Crippen molar-refractivity contribution >= 4 is 29.5 Å². The van der Waals surface area contributed by atoms with E-state index in [4.69, 9.17) is 4.74 Å². The normalized spacial score (nSPS) is 14.2. The molecule has 0 saturated carbocycles. The maximum atomic E-state index is 12.1. The molecule has 4 amide bonds. The predicted octanol–water partition coefficient (Wildman–Crippen LogP) is 2.53. The number of ether oxygens (including phenoxy) is 1. The maximum Gasteiger partial charge on any atom is 0.410 e. The second kappa shape index (κ2) is 8.86. The van der Waals surface area contributed by atoms with Crippen LogP contribution in [0.25, 0.3) is 0 Å². The molecule has 8 heteroatoms. The fraction of sp³-hybridized carbons (Fsp3) is 0.500. The van der Waals surface area contributed by atoms with E-state index in [-0.39, 0.29) is 43.5 Å². The molecule has 8 nitrogen and oxygen atoms in total. The fourth-order valence-electron chi connectivity index (χ4n) is 2.73. The van der Waals surface area contributed by atoms with Crippen molar-refractivity contribution in [2.75, 3.05) is 18.9 Å². The highest BCUT2D eigenvalue weighted by Gasteiger charge is 2.28. The summed E-state index contributed by atoms with van der Waals surface area (Å²) in [7, 11) is 1.64. The van der Waals surface area contributed by atoms with Crippen molar-refractivity contribution in [1.29, 1.82) is 0 Å². The topological polar surface area (TPSA) is 96.0 Å². The molecule has 1 saturated heterocycles. The van der Waals surface area contributed by atoms with Crippen molar-refractivity contribution in [3.05, 3.63) is 29.8 Å². The third-order valence-corrected chi connectivity index (χ3v) is 4.05. The largest absolute Gasteiger partial charge is 0.444 e. The highest BCUT2D eigenvalue weighted by Crippen LogP contribution is 2.16. The van der Waals surface area contributed by atoms with E-state index in [2.05, 4.69) is 5.32 Å². The summed E-state index contributed by atoms with van der Waals surface area (Å²) in [4.78, 5) is 49.9. The number of nitrogens with one attached hydrogen (secondary N) is 1. The van der Waals surface area contributed by atoms with Crippen LogP contribution in [-0.4, -0.2) is 52.8 Å². The van der Waals surface area contributed by atoms with Gasteiger partial charge in [-0.25, -0.2) is 4.79 Å². The Morgan fingerprint density at radius 1 is 1.18 bits per heavy atom. The molecular weight excluding hydrogens is 362 g/mol. The van der Waals surface area contributed by atoms with Gasteiger partial charge in [-0.3, -0.25) is 19.3 Å². The molecule has 0 atom stereocenters. The number of carbonyl (C=O) groups excluding carboxylic acids is 4. The molecule has 1 aliphatic heterocycles. The lowest BCUT2D eigenvalue weighted by atomic mass is 10.2. The van der Waals surface area contributed by atoms with Gasteiger partial charge in [0.2, 0.25) is 17.7 Å². The molecule has 28 heavy (non-hydrogen) atoms. The van der Waals surface area contributed by atoms with Gasteiger partial charge < -0.3 is 15.0 Å². The van der Waals surface area contributed by atoms with Gasteiger partial charge in [-0.2, -0.15) is 0 Å². The van der Waals surface area contributed by atoms with Crippen molar-refractivity contribution in [1.82, 2.24) is 9.80 Å². The molecule has 0 bridgehead atoms. The minimum Gasteiger partial charge on any atom is -0.444 e. The van der Waals surface area contributed by atoms with Crippen LogP contribution in [0.3, 0.4) is 0 Å². The zero-order valence-corrected chi connectivity index (χ0v) is 16.8. The predicted molar refractivity (Wildman–Crippen MR) is 103 cm³/mol. The Labute approximate surface area is 164 Å². The molecule has 0 unspecified atom stereocenters. The van der Waals surface area contributed by atoms with Crippen molar-refractivity contribution in [2.24, 2.45) is 0 Å². The second-order valence-corrected chi connectivity index (χ2v) is 7.77. The van der Waals surface area contributed by atoms with E-state index in [1.165, 1.54) is 4.90 Å². The first-order valence-corrected chi connectivity index (χ1v) is 9.21. The number of hydrogen-bond donors (Lipinski definition) is 1. The minimum absolute atomic E-state index is 0.0412. The average Bonchev–Trinajstić information content (AvgIpc) is 2.90. The minimum atomic E-state index is -0.570. The van der Waals surface area contributed by atoms with Gasteiger partial charge in [0.1, 0.15) is 5.60 Å². The van der Waals surface area contributed by atoms with Gasteiger partial charge in [-0.05, 0) is 38.5 Å². The van der Waals surface area contributed by atoms with Crippen LogP contribution >= 0.6 is 0 Å². The number of imide groups is 1. The number of amides is 4. The van der Waals surface area contributed by atoms with Crippen molar-refractivity contribution in [2.45, 2.75) is 52.2 Å². The Kier molecular flexibility index (Phi) is 6.77. The van der Waals surface area contributed by atoms with E-state index in [1.54, 1.807) is 46.0 Å². The zero-order valence-electron chi connectivity index (χ0n) is 16.8. The molecule has 2 rings (SSSR count). The standard InChI is InChI=1S/C20H27N3O5/c1-20(2,3)28-19(27)22(4)13-14-6-5-7-15(12-14)21-16(24)10-11-23-17(25)8-9-18(23)26/h5-7,12H,8-11,13H2,1-4H3,(H,21,24). The molecule has 1 fully saturated rings. The number of likely N-dealkylation sites (tertiary alicyclic amines) is 1. The van der Waals surface area contributed by atoms with Gasteiger partial charge >= 0.3 is 6.09 Å². The Hall–Kier alpha value is -2.90. The lowest BCUT2D eigenvalue weighted by Gasteiger charge is -2.24. The number of rotatable bonds is 6. The third-order valence-electron chi connectivity index (χ3n) is 4.05. The van der Waals surface area contributed by atoms with Gasteiger partial charge in [0, 0.05) is 45.1 Å². The third kappa shape index (κ3) is 6.37. The summed E-state index contributed by atoms with van der Waals surface area (Å²) in [6, 6.07) is 7.13. The SMILES string of the molecule is CN(Cc1cccc(NC(=O)CCN2C(=O)CCC2=O)c1)C(=O)OC(C)(C)C. The Morgan fingerprint density at radius 2 is 1.82 bits per heavy atom. The van der Waals surface area contributed by atoms with Gasteiger partial charge in [-0.1, -0.05) is 12.1 Å². The summed E-state index contributed by atoms with van der Waals surface area (Å²) in [5, 5.41) is 2.75. The summed E-state index contributed by atoms with van der Waals surface area (Å²) in [5.74, 6) is -0.750. The smallest absolute Gasteiger partial charge is 0.410 e. The van der Waals surface area contributed by atoms with Crippen LogP contribution in [0, 0.1) is 0 Å². The number of benzene rings is 1. The number of nitrogens with zero attached hydrogens (tertiary/aromatic N) is 2. The monoisotopic (exact) mass is 389 g/mol. The molecule has 0 radical (unpaired) electrons. The zero-order chi connectivity index (χ0) is 20.9. The number of hydrogen-bond acceptors (Lipinski definition) is 5. The van der Waals surface area contributed by atoms with Crippen LogP contribution < -0.4 is 5.32 Å². The lowest BCUT2D eigenvalue weighted by Crippen LogP contribution is -2.33. The van der Waals surface area contributed by atoms with Crippen LogP contribution in [0.5, 0.6) is 0 Å². The van der Waals surface area contributed by atoms with Crippen molar-refractivity contribution < 1.29 is 23.9 Å². The van der Waals surface area contributed by atoms with Crippen molar-refractivity contribution in [3.8, 4) is 0 Å². The molecule has 1 aromatic rings. The van der Waals surface area contributed by atoms with E-state index >= 15 is 0 Å². The first-order valence-electron chi connectivity index (χ1n) is 9.21. The molecule has 1 N–H and O–H groups in total. The van der Waals surface area contributed by atoms with Crippen LogP contribution in [-0.2, 0) is 25.7 Å². The van der Waals surface area contributed by atoms with Crippen molar-refractivity contribution in [3.63, 3.8) is 0 Å². The van der Waals surface area contributed by atoms with E-state index < -0.39 is 11.7 Å². The summed E-state index contributed by atoms with van der Waals surface area (Å²) < 4.78 is 5.32. The van der Waals surface area contributed by atoms with E-state index in [1.807, 2.05) is 6.07 Å².